The van der Waals surface area contributed by atoms with E-state index in [0.29, 0.717) is 12.8 Å². The Bertz CT molecular complexity index is 466. The second-order valence-electron chi connectivity index (χ2n) is 10.2. The van der Waals surface area contributed by atoms with Crippen LogP contribution in [0.15, 0.2) is 0 Å². The third kappa shape index (κ3) is 25.8. The number of ether oxygens (including phenoxy) is 2. The lowest BCUT2D eigenvalue weighted by atomic mass is 10.0. The van der Waals surface area contributed by atoms with Gasteiger partial charge in [0.25, 0.3) is 0 Å². The normalized spacial score (nSPS) is 12.0. The highest BCUT2D eigenvalue weighted by Crippen LogP contribution is 2.14. The van der Waals surface area contributed by atoms with Crippen LogP contribution in [0, 0.1) is 0 Å². The van der Waals surface area contributed by atoms with Crippen molar-refractivity contribution in [2.24, 2.45) is 0 Å². The number of rotatable bonds is 27. The summed E-state index contributed by atoms with van der Waals surface area (Å²) in [4.78, 5) is 23.9. The van der Waals surface area contributed by atoms with Gasteiger partial charge in [-0.1, -0.05) is 136 Å². The van der Waals surface area contributed by atoms with E-state index in [-0.39, 0.29) is 25.2 Å². The summed E-state index contributed by atoms with van der Waals surface area (Å²) in [6, 6.07) is 0. The lowest BCUT2D eigenvalue weighted by Gasteiger charge is -2.15. The minimum absolute atomic E-state index is 0.0588. The zero-order chi connectivity index (χ0) is 25.8. The van der Waals surface area contributed by atoms with Gasteiger partial charge >= 0.3 is 11.9 Å². The Morgan fingerprint density at radius 3 is 1.26 bits per heavy atom. The maximum Gasteiger partial charge on any atom is 0.306 e. The third-order valence-corrected chi connectivity index (χ3v) is 6.65. The molecule has 0 aliphatic heterocycles. The van der Waals surface area contributed by atoms with Crippen molar-refractivity contribution in [3.8, 4) is 0 Å². The number of aliphatic hydroxyl groups is 1. The predicted octanol–water partition coefficient (Wildman–Crippen LogP) is 8.45. The molecule has 0 aliphatic carbocycles. The van der Waals surface area contributed by atoms with Gasteiger partial charge in [-0.25, -0.2) is 0 Å². The maximum atomic E-state index is 12.0. The largest absolute Gasteiger partial charge is 0.462 e. The standard InChI is InChI=1S/C30H58O5/c1-3-5-7-9-11-13-14-15-16-17-19-21-23-25-30(33)35-28(26-31)27-34-29(32)24-22-20-18-12-10-8-6-4-2/h28,31H,3-27H2,1-2H3/t28-/m0/s1. The van der Waals surface area contributed by atoms with Crippen molar-refractivity contribution in [2.45, 2.75) is 168 Å². The molecule has 0 aliphatic rings. The van der Waals surface area contributed by atoms with Gasteiger partial charge < -0.3 is 14.6 Å². The molecule has 0 saturated heterocycles. The molecule has 0 spiro atoms. The Morgan fingerprint density at radius 1 is 0.543 bits per heavy atom. The van der Waals surface area contributed by atoms with Crippen LogP contribution in [0.3, 0.4) is 0 Å². The minimum atomic E-state index is -0.757. The Morgan fingerprint density at radius 2 is 0.886 bits per heavy atom. The number of carbonyl (C=O) groups is 2. The first-order valence-corrected chi connectivity index (χ1v) is 15.1. The Balaban J connectivity index is 3.56. The van der Waals surface area contributed by atoms with E-state index < -0.39 is 6.10 Å². The minimum Gasteiger partial charge on any atom is -0.462 e. The molecule has 0 radical (unpaired) electrons. The van der Waals surface area contributed by atoms with Gasteiger partial charge in [-0.2, -0.15) is 0 Å². The number of aliphatic hydroxyl groups excluding tert-OH is 1. The molecule has 0 fully saturated rings. The molecule has 208 valence electrons. The number of hydrogen-bond acceptors (Lipinski definition) is 5. The number of carbonyl (C=O) groups excluding carboxylic acids is 2. The van der Waals surface area contributed by atoms with Crippen LogP contribution < -0.4 is 0 Å². The van der Waals surface area contributed by atoms with Crippen LogP contribution >= 0.6 is 0 Å². The molecule has 0 saturated carbocycles. The monoisotopic (exact) mass is 498 g/mol. The van der Waals surface area contributed by atoms with Gasteiger partial charge in [0, 0.05) is 12.8 Å². The maximum absolute atomic E-state index is 12.0. The molecular formula is C30H58O5. The SMILES string of the molecule is CCCCCCCCCCCCCCCC(=O)O[C@@H](CO)COC(=O)CCCCCCCCCC. The first kappa shape index (κ1) is 33.9. The van der Waals surface area contributed by atoms with E-state index in [1.54, 1.807) is 0 Å². The van der Waals surface area contributed by atoms with Gasteiger partial charge in [0.05, 0.1) is 6.61 Å². The van der Waals surface area contributed by atoms with Gasteiger partial charge in [0.15, 0.2) is 6.10 Å². The van der Waals surface area contributed by atoms with E-state index in [1.165, 1.54) is 96.3 Å². The molecule has 35 heavy (non-hydrogen) atoms. The summed E-state index contributed by atoms with van der Waals surface area (Å²) in [5.41, 5.74) is 0. The second kappa shape index (κ2) is 27.5. The van der Waals surface area contributed by atoms with Gasteiger partial charge in [-0.05, 0) is 12.8 Å². The summed E-state index contributed by atoms with van der Waals surface area (Å²) >= 11 is 0. The van der Waals surface area contributed by atoms with E-state index in [4.69, 9.17) is 9.47 Å². The van der Waals surface area contributed by atoms with Gasteiger partial charge in [-0.15, -0.1) is 0 Å². The van der Waals surface area contributed by atoms with E-state index in [1.807, 2.05) is 0 Å². The summed E-state index contributed by atoms with van der Waals surface area (Å²) in [7, 11) is 0. The molecule has 1 atom stereocenters. The van der Waals surface area contributed by atoms with E-state index in [2.05, 4.69) is 13.8 Å². The van der Waals surface area contributed by atoms with Crippen LogP contribution in [-0.4, -0.2) is 36.4 Å². The van der Waals surface area contributed by atoms with Crippen LogP contribution in [0.1, 0.15) is 162 Å². The van der Waals surface area contributed by atoms with Crippen molar-refractivity contribution >= 4 is 11.9 Å². The van der Waals surface area contributed by atoms with Crippen molar-refractivity contribution in [3.05, 3.63) is 0 Å². The molecule has 0 aromatic carbocycles. The summed E-state index contributed by atoms with van der Waals surface area (Å²) < 4.78 is 10.5. The topological polar surface area (TPSA) is 72.8 Å². The molecule has 0 aromatic heterocycles. The molecule has 0 aromatic rings. The zero-order valence-electron chi connectivity index (χ0n) is 23.3. The van der Waals surface area contributed by atoms with E-state index in [0.717, 1.165) is 38.5 Å². The van der Waals surface area contributed by atoms with Crippen molar-refractivity contribution in [2.75, 3.05) is 13.2 Å². The molecular weight excluding hydrogens is 440 g/mol. The van der Waals surface area contributed by atoms with Crippen molar-refractivity contribution in [3.63, 3.8) is 0 Å². The lowest BCUT2D eigenvalue weighted by Crippen LogP contribution is -2.28. The second-order valence-corrected chi connectivity index (χ2v) is 10.2. The Labute approximate surface area is 217 Å². The average molecular weight is 499 g/mol. The fraction of sp³-hybridized carbons (Fsp3) is 0.933. The first-order valence-electron chi connectivity index (χ1n) is 15.1. The molecule has 0 amide bonds. The van der Waals surface area contributed by atoms with Gasteiger partial charge in [-0.3, -0.25) is 9.59 Å². The van der Waals surface area contributed by atoms with Gasteiger partial charge in [0.1, 0.15) is 6.61 Å². The van der Waals surface area contributed by atoms with Crippen molar-refractivity contribution < 1.29 is 24.2 Å². The molecule has 0 unspecified atom stereocenters. The summed E-state index contributed by atoms with van der Waals surface area (Å²) in [6.45, 7) is 4.09. The quantitative estimate of drug-likeness (QED) is 0.0908. The first-order chi connectivity index (χ1) is 17.1. The molecule has 0 bridgehead atoms. The average Bonchev–Trinajstić information content (AvgIpc) is 2.86. The van der Waals surface area contributed by atoms with Crippen LogP contribution in [0.25, 0.3) is 0 Å². The smallest absolute Gasteiger partial charge is 0.306 e. The van der Waals surface area contributed by atoms with Crippen LogP contribution in [-0.2, 0) is 19.1 Å². The molecule has 1 N–H and O–H groups in total. The van der Waals surface area contributed by atoms with Crippen molar-refractivity contribution in [1.29, 1.82) is 0 Å². The molecule has 0 rings (SSSR count). The summed E-state index contributed by atoms with van der Waals surface area (Å²) in [5, 5.41) is 9.44. The lowest BCUT2D eigenvalue weighted by molar-refractivity contribution is -0.161. The molecule has 0 heterocycles. The summed E-state index contributed by atoms with van der Waals surface area (Å²) in [5.74, 6) is -0.590. The predicted molar refractivity (Wildman–Crippen MR) is 145 cm³/mol. The summed E-state index contributed by atoms with van der Waals surface area (Å²) in [6.07, 6.45) is 25.8. The zero-order valence-corrected chi connectivity index (χ0v) is 23.3. The van der Waals surface area contributed by atoms with E-state index >= 15 is 0 Å². The highest BCUT2D eigenvalue weighted by Gasteiger charge is 2.16. The van der Waals surface area contributed by atoms with E-state index in [9.17, 15) is 14.7 Å². The van der Waals surface area contributed by atoms with Crippen LogP contribution in [0.4, 0.5) is 0 Å². The number of esters is 2. The van der Waals surface area contributed by atoms with Crippen LogP contribution in [0.2, 0.25) is 0 Å². The molecule has 5 nitrogen and oxygen atoms in total. The number of hydrogen-bond donors (Lipinski definition) is 1. The highest BCUT2D eigenvalue weighted by molar-refractivity contribution is 5.70. The Kier molecular flexibility index (Phi) is 26.6. The fourth-order valence-electron chi connectivity index (χ4n) is 4.32. The Hall–Kier alpha value is -1.10. The van der Waals surface area contributed by atoms with Gasteiger partial charge in [0.2, 0.25) is 0 Å². The number of unbranched alkanes of at least 4 members (excludes halogenated alkanes) is 19. The highest BCUT2D eigenvalue weighted by atomic mass is 16.6. The van der Waals surface area contributed by atoms with Crippen LogP contribution in [0.5, 0.6) is 0 Å². The van der Waals surface area contributed by atoms with Crippen molar-refractivity contribution in [1.82, 2.24) is 0 Å². The molecule has 5 heteroatoms. The third-order valence-electron chi connectivity index (χ3n) is 6.65. The fourth-order valence-corrected chi connectivity index (χ4v) is 4.32.